The Morgan fingerprint density at radius 3 is 2.26 bits per heavy atom. The molecule has 0 bridgehead atoms. The van der Waals surface area contributed by atoms with Gasteiger partial charge in [-0.2, -0.15) is 0 Å². The van der Waals surface area contributed by atoms with Crippen molar-refractivity contribution in [1.29, 1.82) is 0 Å². The van der Waals surface area contributed by atoms with Crippen molar-refractivity contribution in [3.05, 3.63) is 59.7 Å². The van der Waals surface area contributed by atoms with Crippen molar-refractivity contribution in [2.45, 2.75) is 12.8 Å². The van der Waals surface area contributed by atoms with Crippen LogP contribution in [0.15, 0.2) is 48.5 Å². The van der Waals surface area contributed by atoms with Crippen LogP contribution in [0.4, 0.5) is 0 Å². The lowest BCUT2D eigenvalue weighted by molar-refractivity contribution is -0.132. The molecule has 5 heteroatoms. The van der Waals surface area contributed by atoms with Gasteiger partial charge in [-0.05, 0) is 29.7 Å². The van der Waals surface area contributed by atoms with Crippen LogP contribution < -0.4 is 9.47 Å². The zero-order chi connectivity index (χ0) is 19.1. The fourth-order valence-corrected chi connectivity index (χ4v) is 3.43. The van der Waals surface area contributed by atoms with E-state index >= 15 is 0 Å². The standard InChI is InChI=1S/C22H28N2O3/c1-26-20-9-8-19(16-21(20)27-2)17-22(25)24-14-12-23(13-15-24)11-10-18-6-4-3-5-7-18/h3-9,16H,10-15,17H2,1-2H3. The Morgan fingerprint density at radius 2 is 1.59 bits per heavy atom. The van der Waals surface area contributed by atoms with E-state index in [0.29, 0.717) is 17.9 Å². The van der Waals surface area contributed by atoms with Crippen molar-refractivity contribution >= 4 is 5.91 Å². The molecule has 0 unspecified atom stereocenters. The van der Waals surface area contributed by atoms with Gasteiger partial charge >= 0.3 is 0 Å². The first-order valence-corrected chi connectivity index (χ1v) is 9.44. The Hall–Kier alpha value is -2.53. The molecule has 1 aliphatic heterocycles. The van der Waals surface area contributed by atoms with Gasteiger partial charge in [0.2, 0.25) is 5.91 Å². The second-order valence-corrected chi connectivity index (χ2v) is 6.82. The topological polar surface area (TPSA) is 42.0 Å². The molecule has 0 aliphatic carbocycles. The second-order valence-electron chi connectivity index (χ2n) is 6.82. The van der Waals surface area contributed by atoms with Gasteiger partial charge in [-0.3, -0.25) is 9.69 Å². The van der Waals surface area contributed by atoms with Crippen LogP contribution in [0.3, 0.4) is 0 Å². The minimum Gasteiger partial charge on any atom is -0.493 e. The molecule has 0 radical (unpaired) electrons. The molecular formula is C22H28N2O3. The molecule has 2 aromatic rings. The highest BCUT2D eigenvalue weighted by Crippen LogP contribution is 2.27. The molecule has 0 N–H and O–H groups in total. The molecule has 5 nitrogen and oxygen atoms in total. The first-order chi connectivity index (χ1) is 13.2. The average molecular weight is 368 g/mol. The van der Waals surface area contributed by atoms with E-state index in [1.165, 1.54) is 5.56 Å². The van der Waals surface area contributed by atoms with Gasteiger partial charge in [0.25, 0.3) is 0 Å². The van der Waals surface area contributed by atoms with Crippen LogP contribution in [0.25, 0.3) is 0 Å². The van der Waals surface area contributed by atoms with Gasteiger partial charge in [-0.1, -0.05) is 36.4 Å². The zero-order valence-electron chi connectivity index (χ0n) is 16.2. The highest BCUT2D eigenvalue weighted by molar-refractivity contribution is 5.79. The Bertz CT molecular complexity index is 740. The fourth-order valence-electron chi connectivity index (χ4n) is 3.43. The summed E-state index contributed by atoms with van der Waals surface area (Å²) >= 11 is 0. The van der Waals surface area contributed by atoms with Crippen molar-refractivity contribution < 1.29 is 14.3 Å². The minimum absolute atomic E-state index is 0.171. The number of piperazine rings is 1. The van der Waals surface area contributed by atoms with Gasteiger partial charge in [0.1, 0.15) is 0 Å². The van der Waals surface area contributed by atoms with E-state index < -0.39 is 0 Å². The summed E-state index contributed by atoms with van der Waals surface area (Å²) in [5, 5.41) is 0. The van der Waals surface area contributed by atoms with Crippen LogP contribution in [0.5, 0.6) is 11.5 Å². The van der Waals surface area contributed by atoms with Crippen LogP contribution in [0.2, 0.25) is 0 Å². The summed E-state index contributed by atoms with van der Waals surface area (Å²) in [6, 6.07) is 16.2. The number of rotatable bonds is 7. The molecule has 2 aromatic carbocycles. The van der Waals surface area contributed by atoms with Crippen LogP contribution in [0.1, 0.15) is 11.1 Å². The number of carbonyl (C=O) groups is 1. The van der Waals surface area contributed by atoms with E-state index in [-0.39, 0.29) is 5.91 Å². The number of carbonyl (C=O) groups excluding carboxylic acids is 1. The number of amides is 1. The number of benzene rings is 2. The first kappa shape index (κ1) is 19.2. The van der Waals surface area contributed by atoms with Crippen molar-refractivity contribution in [3.8, 4) is 11.5 Å². The summed E-state index contributed by atoms with van der Waals surface area (Å²) in [5.74, 6) is 1.51. The number of ether oxygens (including phenoxy) is 2. The highest BCUT2D eigenvalue weighted by atomic mass is 16.5. The smallest absolute Gasteiger partial charge is 0.227 e. The summed E-state index contributed by atoms with van der Waals surface area (Å²) in [6.07, 6.45) is 1.45. The third-order valence-electron chi connectivity index (χ3n) is 5.09. The van der Waals surface area contributed by atoms with Crippen LogP contribution >= 0.6 is 0 Å². The maximum Gasteiger partial charge on any atom is 0.227 e. The number of hydrogen-bond donors (Lipinski definition) is 0. The van der Waals surface area contributed by atoms with Gasteiger partial charge in [-0.15, -0.1) is 0 Å². The predicted molar refractivity (Wildman–Crippen MR) is 106 cm³/mol. The predicted octanol–water partition coefficient (Wildman–Crippen LogP) is 2.63. The van der Waals surface area contributed by atoms with Gasteiger partial charge < -0.3 is 14.4 Å². The first-order valence-electron chi connectivity index (χ1n) is 9.44. The molecule has 1 aliphatic rings. The summed E-state index contributed by atoms with van der Waals surface area (Å²) < 4.78 is 10.6. The molecule has 1 heterocycles. The highest BCUT2D eigenvalue weighted by Gasteiger charge is 2.21. The molecule has 0 atom stereocenters. The zero-order valence-corrected chi connectivity index (χ0v) is 16.2. The van der Waals surface area contributed by atoms with Gasteiger partial charge in [0.15, 0.2) is 11.5 Å². The van der Waals surface area contributed by atoms with Crippen molar-refractivity contribution in [2.75, 3.05) is 46.9 Å². The lowest BCUT2D eigenvalue weighted by Crippen LogP contribution is -2.49. The normalized spacial score (nSPS) is 14.8. The maximum absolute atomic E-state index is 12.6. The molecular weight excluding hydrogens is 340 g/mol. The SMILES string of the molecule is COc1ccc(CC(=O)N2CCN(CCc3ccccc3)CC2)cc1OC. The van der Waals surface area contributed by atoms with E-state index in [1.807, 2.05) is 29.2 Å². The van der Waals surface area contributed by atoms with E-state index in [2.05, 4.69) is 29.2 Å². The third-order valence-corrected chi connectivity index (χ3v) is 5.09. The van der Waals surface area contributed by atoms with Crippen molar-refractivity contribution in [2.24, 2.45) is 0 Å². The van der Waals surface area contributed by atoms with E-state index in [0.717, 1.165) is 44.7 Å². The van der Waals surface area contributed by atoms with Gasteiger partial charge in [0, 0.05) is 32.7 Å². The van der Waals surface area contributed by atoms with E-state index in [1.54, 1.807) is 14.2 Å². The molecule has 0 saturated carbocycles. The van der Waals surface area contributed by atoms with Gasteiger partial charge in [-0.25, -0.2) is 0 Å². The van der Waals surface area contributed by atoms with Crippen LogP contribution in [0, 0.1) is 0 Å². The summed E-state index contributed by atoms with van der Waals surface area (Å²) in [5.41, 5.74) is 2.31. The molecule has 1 saturated heterocycles. The Balaban J connectivity index is 1.47. The van der Waals surface area contributed by atoms with Crippen molar-refractivity contribution in [3.63, 3.8) is 0 Å². The Labute approximate surface area is 161 Å². The number of hydrogen-bond acceptors (Lipinski definition) is 4. The molecule has 3 rings (SSSR count). The monoisotopic (exact) mass is 368 g/mol. The largest absolute Gasteiger partial charge is 0.493 e. The van der Waals surface area contributed by atoms with Gasteiger partial charge in [0.05, 0.1) is 20.6 Å². The number of nitrogens with zero attached hydrogens (tertiary/aromatic N) is 2. The second kappa shape index (κ2) is 9.42. The quantitative estimate of drug-likeness (QED) is 0.753. The fraction of sp³-hybridized carbons (Fsp3) is 0.409. The summed E-state index contributed by atoms with van der Waals surface area (Å²) in [7, 11) is 3.22. The van der Waals surface area contributed by atoms with Crippen LogP contribution in [-0.4, -0.2) is 62.7 Å². The Kier molecular flexibility index (Phi) is 6.71. The molecule has 144 valence electrons. The lowest BCUT2D eigenvalue weighted by Gasteiger charge is -2.34. The summed E-state index contributed by atoms with van der Waals surface area (Å²) in [6.45, 7) is 4.50. The van der Waals surface area contributed by atoms with E-state index in [9.17, 15) is 4.79 Å². The molecule has 0 spiro atoms. The van der Waals surface area contributed by atoms with Crippen molar-refractivity contribution in [1.82, 2.24) is 9.80 Å². The molecule has 1 fully saturated rings. The molecule has 1 amide bonds. The molecule has 27 heavy (non-hydrogen) atoms. The maximum atomic E-state index is 12.6. The summed E-state index contributed by atoms with van der Waals surface area (Å²) in [4.78, 5) is 17.0. The average Bonchev–Trinajstić information content (AvgIpc) is 2.73. The Morgan fingerprint density at radius 1 is 0.889 bits per heavy atom. The molecule has 0 aromatic heterocycles. The number of methoxy groups -OCH3 is 2. The lowest BCUT2D eigenvalue weighted by atomic mass is 10.1. The van der Waals surface area contributed by atoms with E-state index in [4.69, 9.17) is 9.47 Å². The minimum atomic E-state index is 0.171. The third kappa shape index (κ3) is 5.23. The van der Waals surface area contributed by atoms with Crippen LogP contribution in [-0.2, 0) is 17.6 Å².